The van der Waals surface area contributed by atoms with Gasteiger partial charge in [0.25, 0.3) is 5.91 Å². The molecule has 0 bridgehead atoms. The molecule has 10 heavy (non-hydrogen) atoms. The second kappa shape index (κ2) is 1.76. The third-order valence-electron chi connectivity index (χ3n) is 1.41. The second-order valence-electron chi connectivity index (χ2n) is 2.20. The summed E-state index contributed by atoms with van der Waals surface area (Å²) in [5.41, 5.74) is 0.766. The van der Waals surface area contributed by atoms with E-state index in [0.717, 1.165) is 10.4 Å². The Morgan fingerprint density at radius 2 is 2.40 bits per heavy atom. The number of fused-ring (bicyclic) bond motifs is 1. The summed E-state index contributed by atoms with van der Waals surface area (Å²) in [6.07, 6.45) is 1.63. The molecule has 2 heterocycles. The third kappa shape index (κ3) is 0.640. The Morgan fingerprint density at radius 1 is 1.60 bits per heavy atom. The minimum atomic E-state index is -0.0978. The first-order chi connectivity index (χ1) is 4.77. The third-order valence-corrected chi connectivity index (χ3v) is 2.40. The molecule has 3 heteroatoms. The van der Waals surface area contributed by atoms with Crippen molar-refractivity contribution in [2.45, 2.75) is 6.92 Å². The van der Waals surface area contributed by atoms with Gasteiger partial charge in [0, 0.05) is 11.1 Å². The van der Waals surface area contributed by atoms with Gasteiger partial charge in [-0.05, 0) is 13.0 Å². The van der Waals surface area contributed by atoms with Crippen LogP contribution in [-0.4, -0.2) is 12.1 Å². The zero-order chi connectivity index (χ0) is 7.14. The predicted octanol–water partition coefficient (Wildman–Crippen LogP) is 1.63. The molecule has 50 valence electrons. The minimum Gasteiger partial charge on any atom is -0.267 e. The molecule has 2 rings (SSSR count). The van der Waals surface area contributed by atoms with Crippen molar-refractivity contribution in [1.29, 1.82) is 0 Å². The normalized spacial score (nSPS) is 14.3. The van der Waals surface area contributed by atoms with Crippen LogP contribution >= 0.6 is 11.3 Å². The Labute approximate surface area is 62.2 Å². The molecular formula is C7H5NOS. The Bertz CT molecular complexity index is 324. The van der Waals surface area contributed by atoms with Crippen molar-refractivity contribution >= 4 is 23.5 Å². The number of hydrogen-bond donors (Lipinski definition) is 0. The van der Waals surface area contributed by atoms with Gasteiger partial charge in [0.1, 0.15) is 0 Å². The van der Waals surface area contributed by atoms with E-state index in [-0.39, 0.29) is 5.91 Å². The zero-order valence-electron chi connectivity index (χ0n) is 5.42. The van der Waals surface area contributed by atoms with Crippen LogP contribution in [0.5, 0.6) is 0 Å². The number of aliphatic imine (C=N–C) groups is 1. The molecule has 1 aliphatic rings. The highest BCUT2D eigenvalue weighted by Gasteiger charge is 2.17. The maximum absolute atomic E-state index is 10.9. The van der Waals surface area contributed by atoms with Gasteiger partial charge in [-0.15, -0.1) is 11.3 Å². The van der Waals surface area contributed by atoms with Crippen LogP contribution < -0.4 is 0 Å². The summed E-state index contributed by atoms with van der Waals surface area (Å²) in [6.45, 7) is 1.99. The topological polar surface area (TPSA) is 29.4 Å². The Morgan fingerprint density at radius 3 is 3.10 bits per heavy atom. The average Bonchev–Trinajstić information content (AvgIpc) is 2.35. The molecule has 0 saturated heterocycles. The van der Waals surface area contributed by atoms with Crippen molar-refractivity contribution in [3.63, 3.8) is 0 Å². The van der Waals surface area contributed by atoms with Crippen molar-refractivity contribution in [2.24, 2.45) is 4.99 Å². The predicted molar refractivity (Wildman–Crippen MR) is 41.0 cm³/mol. The highest BCUT2D eigenvalue weighted by atomic mass is 32.1. The van der Waals surface area contributed by atoms with Gasteiger partial charge in [-0.2, -0.15) is 0 Å². The van der Waals surface area contributed by atoms with E-state index in [2.05, 4.69) is 4.99 Å². The lowest BCUT2D eigenvalue weighted by Crippen LogP contribution is -1.85. The highest BCUT2D eigenvalue weighted by molar-refractivity contribution is 7.14. The molecule has 1 aromatic heterocycles. The van der Waals surface area contributed by atoms with Crippen LogP contribution in [0.25, 0.3) is 0 Å². The molecule has 0 spiro atoms. The lowest BCUT2D eigenvalue weighted by atomic mass is 10.3. The molecule has 1 aromatic rings. The fourth-order valence-corrected chi connectivity index (χ4v) is 1.87. The molecule has 0 fully saturated rings. The first-order valence-electron chi connectivity index (χ1n) is 2.96. The smallest absolute Gasteiger partial charge is 0.267 e. The molecule has 2 nitrogen and oxygen atoms in total. The van der Waals surface area contributed by atoms with E-state index < -0.39 is 0 Å². The summed E-state index contributed by atoms with van der Waals surface area (Å²) in [6, 6.07) is 1.88. The number of hydrogen-bond acceptors (Lipinski definition) is 2. The fourth-order valence-electron chi connectivity index (χ4n) is 0.982. The Hall–Kier alpha value is -0.960. The maximum atomic E-state index is 10.9. The molecule has 1 amide bonds. The van der Waals surface area contributed by atoms with E-state index in [1.54, 1.807) is 17.6 Å². The molecule has 1 aliphatic heterocycles. The average molecular weight is 151 g/mol. The maximum Gasteiger partial charge on any atom is 0.278 e. The van der Waals surface area contributed by atoms with Gasteiger partial charge in [-0.25, -0.2) is 4.99 Å². The molecule has 0 unspecified atom stereocenters. The standard InChI is InChI=1S/C7H5NOS/c1-4-2-5-6(10-4)3-8-7(5)9/h2-3H,1H3. The van der Waals surface area contributed by atoms with Gasteiger partial charge in [0.2, 0.25) is 0 Å². The lowest BCUT2D eigenvalue weighted by molar-refractivity contribution is 0.101. The molecule has 0 radical (unpaired) electrons. The van der Waals surface area contributed by atoms with Gasteiger partial charge in [0.05, 0.1) is 10.4 Å². The van der Waals surface area contributed by atoms with E-state index >= 15 is 0 Å². The summed E-state index contributed by atoms with van der Waals surface area (Å²) >= 11 is 1.61. The van der Waals surface area contributed by atoms with Crippen LogP contribution in [0.4, 0.5) is 0 Å². The minimum absolute atomic E-state index is 0.0978. The summed E-state index contributed by atoms with van der Waals surface area (Å²) in [4.78, 5) is 16.7. The van der Waals surface area contributed by atoms with Crippen LogP contribution in [0.3, 0.4) is 0 Å². The lowest BCUT2D eigenvalue weighted by Gasteiger charge is -1.78. The van der Waals surface area contributed by atoms with Gasteiger partial charge in [-0.1, -0.05) is 0 Å². The van der Waals surface area contributed by atoms with E-state index in [4.69, 9.17) is 0 Å². The molecule has 0 aliphatic carbocycles. The van der Waals surface area contributed by atoms with Crippen molar-refractivity contribution in [3.05, 3.63) is 21.4 Å². The number of aryl methyl sites for hydroxylation is 1. The first kappa shape index (κ1) is 5.80. The quantitative estimate of drug-likeness (QED) is 0.554. The van der Waals surface area contributed by atoms with Gasteiger partial charge in [0.15, 0.2) is 0 Å². The van der Waals surface area contributed by atoms with Crippen LogP contribution in [0.1, 0.15) is 20.1 Å². The number of nitrogens with zero attached hydrogens (tertiary/aromatic N) is 1. The first-order valence-corrected chi connectivity index (χ1v) is 3.78. The molecule has 0 saturated carbocycles. The van der Waals surface area contributed by atoms with Gasteiger partial charge >= 0.3 is 0 Å². The van der Waals surface area contributed by atoms with E-state index in [1.165, 1.54) is 4.88 Å². The van der Waals surface area contributed by atoms with E-state index in [1.807, 2.05) is 13.0 Å². The molecule has 0 atom stereocenters. The Balaban J connectivity index is 2.68. The van der Waals surface area contributed by atoms with Crippen LogP contribution in [-0.2, 0) is 0 Å². The summed E-state index contributed by atoms with van der Waals surface area (Å²) in [7, 11) is 0. The summed E-state index contributed by atoms with van der Waals surface area (Å²) in [5.74, 6) is -0.0978. The second-order valence-corrected chi connectivity index (χ2v) is 3.49. The number of carbonyl (C=O) groups is 1. The number of rotatable bonds is 0. The van der Waals surface area contributed by atoms with Gasteiger partial charge < -0.3 is 0 Å². The SMILES string of the molecule is Cc1cc2c(s1)C=NC2=O. The Kier molecular flexibility index (Phi) is 1.02. The van der Waals surface area contributed by atoms with Crippen LogP contribution in [0.2, 0.25) is 0 Å². The van der Waals surface area contributed by atoms with E-state index in [9.17, 15) is 4.79 Å². The van der Waals surface area contributed by atoms with E-state index in [0.29, 0.717) is 0 Å². The number of carbonyl (C=O) groups excluding carboxylic acids is 1. The molecular weight excluding hydrogens is 146 g/mol. The monoisotopic (exact) mass is 151 g/mol. The molecule has 0 aromatic carbocycles. The van der Waals surface area contributed by atoms with Gasteiger partial charge in [-0.3, -0.25) is 4.79 Å². The number of thiophene rings is 1. The largest absolute Gasteiger partial charge is 0.278 e. The summed E-state index contributed by atoms with van der Waals surface area (Å²) in [5, 5.41) is 0. The van der Waals surface area contributed by atoms with Crippen molar-refractivity contribution in [2.75, 3.05) is 0 Å². The molecule has 0 N–H and O–H groups in total. The van der Waals surface area contributed by atoms with Crippen molar-refractivity contribution in [1.82, 2.24) is 0 Å². The van der Waals surface area contributed by atoms with Crippen LogP contribution in [0, 0.1) is 6.92 Å². The van der Waals surface area contributed by atoms with Crippen molar-refractivity contribution < 1.29 is 4.79 Å². The van der Waals surface area contributed by atoms with Crippen molar-refractivity contribution in [3.8, 4) is 0 Å². The van der Waals surface area contributed by atoms with Crippen LogP contribution in [0.15, 0.2) is 11.1 Å². The highest BCUT2D eigenvalue weighted by Crippen LogP contribution is 2.24. The summed E-state index contributed by atoms with van der Waals surface area (Å²) < 4.78 is 0. The zero-order valence-corrected chi connectivity index (χ0v) is 6.23. The number of amides is 1. The fraction of sp³-hybridized carbons (Fsp3) is 0.143.